The molecule has 7 amide bonds. The standard InChI is InChI=1S/C51H77N11O16/c1-4-30(2)45(49(75)55-35-9-8-32-6-5-7-33-22-37(62(46(32)33)50(35)76)48(74)56-36-23-44(72)78-51(36)77-3)57-39(64)25-52-38(63)24-53-47(73)34(10-11-41(66)67)54-40(65)27-58-14-12-31(13-15-58)26-59-16-18-60(28-42(68)69)20-21-61(19-17-59)29-43(70)71/h5-7,30-31,34-37,44-45,51,72H,4,8-29H2,1-3H3,(H,52,63)(H,53,73)(H,54,65)(H,55,75)(H,56,74)(H,57,64)(H,66,67)(H,68,69)(H,70,71)/t30-,34-,35-,36?,37-,44?,45-,51?/m0/s1. The van der Waals surface area contributed by atoms with Gasteiger partial charge in [0, 0.05) is 72.2 Å². The third-order valence-electron chi connectivity index (χ3n) is 15.1. The van der Waals surface area contributed by atoms with Crippen LogP contribution in [0.2, 0.25) is 0 Å². The van der Waals surface area contributed by atoms with Crippen molar-refractivity contribution < 1.29 is 77.8 Å². The van der Waals surface area contributed by atoms with Crippen LogP contribution in [0.15, 0.2) is 18.2 Å². The molecule has 78 heavy (non-hydrogen) atoms. The SMILES string of the molecule is CC[C@H](C)[C@H](NC(=O)CNC(=O)CNC(=O)[C@H](CCC(=O)O)NC(=O)CN1CCC(CN2CCN(CC(=O)O)CCN(CC(=O)O)CC2)CC1)C(=O)N[C@H]1CCc2cccc3c2N(C1=O)[C@H](C(=O)NC1CC(O)OC1OC)C3. The molecule has 0 saturated carbocycles. The average molecular weight is 1100 g/mol. The van der Waals surface area contributed by atoms with E-state index >= 15 is 0 Å². The highest BCUT2D eigenvalue weighted by atomic mass is 16.7. The molecule has 5 aliphatic rings. The third kappa shape index (κ3) is 17.6. The number of aliphatic hydroxyl groups is 1. The van der Waals surface area contributed by atoms with Gasteiger partial charge in [-0.15, -0.1) is 0 Å². The summed E-state index contributed by atoms with van der Waals surface area (Å²) in [6.45, 7) is 6.93. The molecule has 3 saturated heterocycles. The number of nitrogens with zero attached hydrogens (tertiary/aromatic N) is 5. The number of aliphatic hydroxyl groups excluding tert-OH is 1. The van der Waals surface area contributed by atoms with Crippen LogP contribution in [0, 0.1) is 11.8 Å². The molecule has 27 nitrogen and oxygen atoms in total. The Hall–Kier alpha value is -6.36. The number of amides is 7. The first-order valence-electron chi connectivity index (χ1n) is 26.8. The van der Waals surface area contributed by atoms with Crippen molar-refractivity contribution in [2.24, 2.45) is 11.8 Å². The van der Waals surface area contributed by atoms with Crippen LogP contribution in [0.4, 0.5) is 5.69 Å². The smallest absolute Gasteiger partial charge is 0.317 e. The summed E-state index contributed by atoms with van der Waals surface area (Å²) < 4.78 is 10.6. The van der Waals surface area contributed by atoms with Gasteiger partial charge in [-0.3, -0.25) is 67.5 Å². The largest absolute Gasteiger partial charge is 0.481 e. The number of hydrogen-bond acceptors (Lipinski definition) is 17. The molecule has 0 spiro atoms. The number of benzene rings is 1. The number of carboxylic acids is 3. The van der Waals surface area contributed by atoms with Crippen molar-refractivity contribution in [1.82, 2.24) is 51.5 Å². The number of likely N-dealkylation sites (tertiary alicyclic amines) is 1. The number of carboxylic acid groups (broad SMARTS) is 3. The van der Waals surface area contributed by atoms with E-state index in [-0.39, 0.29) is 51.2 Å². The molecule has 0 aliphatic carbocycles. The second-order valence-corrected chi connectivity index (χ2v) is 20.8. The van der Waals surface area contributed by atoms with Crippen molar-refractivity contribution in [3.63, 3.8) is 0 Å². The van der Waals surface area contributed by atoms with Crippen molar-refractivity contribution in [3.8, 4) is 0 Å². The number of carbonyl (C=O) groups is 10. The van der Waals surface area contributed by atoms with Gasteiger partial charge in [0.15, 0.2) is 12.6 Å². The van der Waals surface area contributed by atoms with Crippen molar-refractivity contribution in [1.29, 1.82) is 0 Å². The zero-order valence-corrected chi connectivity index (χ0v) is 44.6. The van der Waals surface area contributed by atoms with Gasteiger partial charge in [-0.25, -0.2) is 0 Å². The van der Waals surface area contributed by atoms with Crippen molar-refractivity contribution in [3.05, 3.63) is 29.3 Å². The van der Waals surface area contributed by atoms with Gasteiger partial charge in [0.25, 0.3) is 0 Å². The molecule has 1 aromatic rings. The van der Waals surface area contributed by atoms with Crippen LogP contribution < -0.4 is 36.8 Å². The second-order valence-electron chi connectivity index (χ2n) is 20.8. The lowest BCUT2D eigenvalue weighted by Gasteiger charge is -2.35. The number of aliphatic carboxylic acids is 3. The second kappa shape index (κ2) is 29.0. The lowest BCUT2D eigenvalue weighted by molar-refractivity contribution is -0.179. The number of carbonyl (C=O) groups excluding carboxylic acids is 7. The Labute approximate surface area is 452 Å². The Kier molecular flexibility index (Phi) is 22.6. The minimum Gasteiger partial charge on any atom is -0.481 e. The van der Waals surface area contributed by atoms with Gasteiger partial charge < -0.3 is 66.7 Å². The highest BCUT2D eigenvalue weighted by Gasteiger charge is 2.46. The summed E-state index contributed by atoms with van der Waals surface area (Å²) in [7, 11) is 1.39. The topological polar surface area (TPSA) is 358 Å². The van der Waals surface area contributed by atoms with Crippen LogP contribution in [0.1, 0.15) is 69.9 Å². The molecule has 5 heterocycles. The molecule has 432 valence electrons. The number of piperidine rings is 1. The van der Waals surface area contributed by atoms with Crippen molar-refractivity contribution >= 4 is 64.9 Å². The number of hydrogen-bond donors (Lipinski definition) is 10. The minimum atomic E-state index is -1.30. The molecular weight excluding hydrogens is 1020 g/mol. The fourth-order valence-corrected chi connectivity index (χ4v) is 10.7. The maximum atomic E-state index is 14.4. The van der Waals surface area contributed by atoms with Gasteiger partial charge >= 0.3 is 17.9 Å². The molecule has 0 bridgehead atoms. The first kappa shape index (κ1) is 60.9. The quantitative estimate of drug-likeness (QED) is 0.0454. The van der Waals surface area contributed by atoms with E-state index in [1.54, 1.807) is 16.7 Å². The Morgan fingerprint density at radius 1 is 0.731 bits per heavy atom. The molecule has 3 unspecified atom stereocenters. The number of rotatable bonds is 25. The summed E-state index contributed by atoms with van der Waals surface area (Å²) in [4.78, 5) is 139. The number of aryl methyl sites for hydroxylation is 1. The fraction of sp³-hybridized carbons (Fsp3) is 0.686. The van der Waals surface area contributed by atoms with Crippen LogP contribution in [0.3, 0.4) is 0 Å². The molecule has 0 aromatic heterocycles. The van der Waals surface area contributed by atoms with Crippen LogP contribution in [-0.2, 0) is 70.3 Å². The number of para-hydroxylation sites is 1. The summed E-state index contributed by atoms with van der Waals surface area (Å²) in [5.74, 6) is -7.84. The lowest BCUT2D eigenvalue weighted by Crippen LogP contribution is -2.59. The van der Waals surface area contributed by atoms with E-state index in [1.165, 1.54) is 12.0 Å². The molecule has 10 N–H and O–H groups in total. The molecular formula is C51H77N11O16. The summed E-state index contributed by atoms with van der Waals surface area (Å²) in [5, 5.41) is 53.9. The monoisotopic (exact) mass is 1100 g/mol. The summed E-state index contributed by atoms with van der Waals surface area (Å²) >= 11 is 0. The van der Waals surface area contributed by atoms with E-state index < -0.39 is 127 Å². The average Bonchev–Trinajstić information content (AvgIpc) is 4.05. The summed E-state index contributed by atoms with van der Waals surface area (Å²) in [6, 6.07) is 0.378. The van der Waals surface area contributed by atoms with E-state index in [2.05, 4.69) is 36.8 Å². The van der Waals surface area contributed by atoms with Crippen LogP contribution in [0.5, 0.6) is 0 Å². The van der Waals surface area contributed by atoms with Gasteiger partial charge in [-0.05, 0) is 68.2 Å². The van der Waals surface area contributed by atoms with Crippen LogP contribution in [-0.4, -0.2) is 241 Å². The third-order valence-corrected chi connectivity index (χ3v) is 15.1. The molecule has 8 atom stereocenters. The minimum absolute atomic E-state index is 0.0730. The molecule has 0 radical (unpaired) electrons. The number of ether oxygens (including phenoxy) is 2. The molecule has 1 aromatic carbocycles. The molecule has 5 aliphatic heterocycles. The van der Waals surface area contributed by atoms with E-state index in [0.717, 1.165) is 24.0 Å². The molecule has 27 heteroatoms. The Morgan fingerprint density at radius 2 is 1.35 bits per heavy atom. The maximum Gasteiger partial charge on any atom is 0.317 e. The highest BCUT2D eigenvalue weighted by Crippen LogP contribution is 2.39. The van der Waals surface area contributed by atoms with Crippen molar-refractivity contribution in [2.75, 3.05) is 104 Å². The Balaban J connectivity index is 0.954. The summed E-state index contributed by atoms with van der Waals surface area (Å²) in [5.41, 5.74) is 2.21. The first-order chi connectivity index (χ1) is 37.2. The van der Waals surface area contributed by atoms with E-state index in [4.69, 9.17) is 9.47 Å². The van der Waals surface area contributed by atoms with E-state index in [1.807, 2.05) is 30.0 Å². The highest BCUT2D eigenvalue weighted by molar-refractivity contribution is 6.08. The first-order valence-corrected chi connectivity index (χ1v) is 26.8. The van der Waals surface area contributed by atoms with Crippen molar-refractivity contribution in [2.45, 2.75) is 114 Å². The van der Waals surface area contributed by atoms with Gasteiger partial charge in [0.2, 0.25) is 41.4 Å². The van der Waals surface area contributed by atoms with Crippen LogP contribution in [0.25, 0.3) is 0 Å². The lowest BCUT2D eigenvalue weighted by atomic mass is 9.96. The van der Waals surface area contributed by atoms with Gasteiger partial charge in [0.1, 0.15) is 24.2 Å². The predicted molar refractivity (Wildman–Crippen MR) is 276 cm³/mol. The predicted octanol–water partition coefficient (Wildman–Crippen LogP) is -3.52. The zero-order valence-electron chi connectivity index (χ0n) is 44.6. The normalized spacial score (nSPS) is 23.7. The number of anilines is 1. The van der Waals surface area contributed by atoms with Gasteiger partial charge in [0.05, 0.1) is 44.5 Å². The molecule has 3 fully saturated rings. The number of methoxy groups -OCH3 is 1. The Bertz CT molecular complexity index is 2310. The van der Waals surface area contributed by atoms with Crippen LogP contribution >= 0.6 is 0 Å². The Morgan fingerprint density at radius 3 is 1.96 bits per heavy atom. The van der Waals surface area contributed by atoms with E-state index in [0.29, 0.717) is 77.4 Å². The maximum absolute atomic E-state index is 14.4. The molecule has 6 rings (SSSR count). The zero-order chi connectivity index (χ0) is 56.6. The van der Waals surface area contributed by atoms with E-state index in [9.17, 15) is 68.4 Å². The fourth-order valence-electron chi connectivity index (χ4n) is 10.7. The van der Waals surface area contributed by atoms with Gasteiger partial charge in [-0.2, -0.15) is 0 Å². The van der Waals surface area contributed by atoms with Gasteiger partial charge in [-0.1, -0.05) is 38.5 Å². The number of nitrogens with one attached hydrogen (secondary N) is 6. The summed E-state index contributed by atoms with van der Waals surface area (Å²) in [6.07, 6.45) is 0.0436.